The highest BCUT2D eigenvalue weighted by Crippen LogP contribution is 2.48. The SMILES string of the molecule is CN(CCCn1nnc2cc(CNC[C@H](O[Si](C)(C)C(C)(C)C)c3ccc(O)c4[nH]c(=O)ccc34)ccc21)C1CCC(c2ccsc2[C@@](O)(C(=O)O)C2CCCC2)CC1. The zero-order valence-electron chi connectivity index (χ0n) is 35.5. The van der Waals surface area contributed by atoms with Gasteiger partial charge < -0.3 is 34.9 Å². The fourth-order valence-corrected chi connectivity index (χ4v) is 11.6. The van der Waals surface area contributed by atoms with Crippen LogP contribution < -0.4 is 10.9 Å². The van der Waals surface area contributed by atoms with E-state index in [1.807, 2.05) is 16.1 Å². The normalized spacial score (nSPS) is 19.8. The van der Waals surface area contributed by atoms with Crippen molar-refractivity contribution in [1.82, 2.24) is 30.2 Å². The maximum absolute atomic E-state index is 12.5. The number of carbonyl (C=O) groups is 1. The average Bonchev–Trinajstić information content (AvgIpc) is 4.00. The van der Waals surface area contributed by atoms with Crippen molar-refractivity contribution in [2.24, 2.45) is 5.92 Å². The van der Waals surface area contributed by atoms with Gasteiger partial charge in [-0.1, -0.05) is 51.0 Å². The summed E-state index contributed by atoms with van der Waals surface area (Å²) >= 11 is 1.41. The van der Waals surface area contributed by atoms with Gasteiger partial charge in [-0.2, -0.15) is 0 Å². The Kier molecular flexibility index (Phi) is 12.9. The lowest BCUT2D eigenvalue weighted by atomic mass is 9.76. The summed E-state index contributed by atoms with van der Waals surface area (Å²) in [5, 5.41) is 47.7. The summed E-state index contributed by atoms with van der Waals surface area (Å²) in [6.45, 7) is 14.0. The van der Waals surface area contributed by atoms with E-state index in [4.69, 9.17) is 4.43 Å². The molecule has 0 radical (unpaired) electrons. The number of aromatic nitrogens is 4. The van der Waals surface area contributed by atoms with Crippen LogP contribution in [0.1, 0.15) is 112 Å². The first-order valence-corrected chi connectivity index (χ1v) is 25.1. The molecule has 0 aliphatic heterocycles. The molecule has 5 N–H and O–H groups in total. The lowest BCUT2D eigenvalue weighted by Gasteiger charge is -2.39. The van der Waals surface area contributed by atoms with Gasteiger partial charge in [0.05, 0.1) is 22.0 Å². The molecule has 14 heteroatoms. The Labute approximate surface area is 352 Å². The fraction of sp³-hybridized carbons (Fsp3) is 0.556. The molecular weight excluding hydrogens is 781 g/mol. The molecule has 3 aromatic heterocycles. The van der Waals surface area contributed by atoms with Gasteiger partial charge in [0, 0.05) is 43.0 Å². The third kappa shape index (κ3) is 9.08. The van der Waals surface area contributed by atoms with Crippen molar-refractivity contribution in [3.05, 3.63) is 85.8 Å². The van der Waals surface area contributed by atoms with Crippen LogP contribution in [0.2, 0.25) is 18.1 Å². The van der Waals surface area contributed by atoms with Crippen molar-refractivity contribution in [3.8, 4) is 5.75 Å². The molecule has 2 atom stereocenters. The van der Waals surface area contributed by atoms with E-state index in [2.05, 4.69) is 90.7 Å². The number of hydrogen-bond acceptors (Lipinski definition) is 10. The quantitative estimate of drug-likeness (QED) is 0.0609. The summed E-state index contributed by atoms with van der Waals surface area (Å²) in [5.41, 5.74) is 3.29. The van der Waals surface area contributed by atoms with Crippen molar-refractivity contribution in [3.63, 3.8) is 0 Å². The number of H-pyrrole nitrogens is 1. The van der Waals surface area contributed by atoms with Gasteiger partial charge in [0.2, 0.25) is 5.56 Å². The Morgan fingerprint density at radius 3 is 2.53 bits per heavy atom. The standard InChI is InChI=1S/C45H62N6O6SSi/c1-44(2,3)59(5,6)57-39(34-17-20-38(52)41-35(34)18-21-40(53)47-41)28-46-27-29-12-19-37-36(26-29)48-49-51(37)24-9-23-50(4)32-15-13-30(14-16-32)33-22-25-58-42(33)45(56,43(54)55)31-10-7-8-11-31/h12,17-22,25-26,30-32,39,46,52,56H,7-11,13-16,23-24,27-28H2,1-6H3,(H,47,53)(H,54,55)/t30?,32?,39-,45+/m0/s1. The number of phenols is 1. The molecule has 0 saturated heterocycles. The van der Waals surface area contributed by atoms with E-state index in [0.717, 1.165) is 104 Å². The molecule has 2 aliphatic carbocycles. The molecular formula is C45H62N6O6SSi. The number of phenolic OH excluding ortho intramolecular Hbond substituents is 1. The Bertz CT molecular complexity index is 2300. The minimum Gasteiger partial charge on any atom is -0.506 e. The summed E-state index contributed by atoms with van der Waals surface area (Å²) in [4.78, 5) is 30.5. The fourth-order valence-electron chi connectivity index (χ4n) is 9.16. The number of aromatic hydroxyl groups is 1. The van der Waals surface area contributed by atoms with E-state index in [9.17, 15) is 24.9 Å². The van der Waals surface area contributed by atoms with E-state index in [0.29, 0.717) is 29.5 Å². The Balaban J connectivity index is 0.930. The highest BCUT2D eigenvalue weighted by atomic mass is 32.1. The number of hydrogen-bond donors (Lipinski definition) is 5. The summed E-state index contributed by atoms with van der Waals surface area (Å²) in [5.74, 6) is -1.01. The average molecular weight is 843 g/mol. The summed E-state index contributed by atoms with van der Waals surface area (Å²) in [6, 6.07) is 15.6. The first-order valence-electron chi connectivity index (χ1n) is 21.4. The molecule has 2 fully saturated rings. The lowest BCUT2D eigenvalue weighted by Crippen LogP contribution is -2.43. The minimum absolute atomic E-state index is 0.0107. The number of rotatable bonds is 16. The number of fused-ring (bicyclic) bond motifs is 2. The first-order chi connectivity index (χ1) is 28.1. The van der Waals surface area contributed by atoms with Gasteiger partial charge in [-0.15, -0.1) is 16.4 Å². The monoisotopic (exact) mass is 842 g/mol. The molecule has 3 heterocycles. The molecule has 59 heavy (non-hydrogen) atoms. The maximum atomic E-state index is 12.5. The summed E-state index contributed by atoms with van der Waals surface area (Å²) in [7, 11) is -0.000202. The topological polar surface area (TPSA) is 166 Å². The van der Waals surface area contributed by atoms with Gasteiger partial charge in [-0.3, -0.25) is 4.79 Å². The number of nitrogens with one attached hydrogen (secondary N) is 2. The number of pyridine rings is 1. The largest absolute Gasteiger partial charge is 0.506 e. The molecule has 12 nitrogen and oxygen atoms in total. The second-order valence-corrected chi connectivity index (χ2v) is 24.2. The predicted octanol–water partition coefficient (Wildman–Crippen LogP) is 8.40. The Morgan fingerprint density at radius 1 is 1.07 bits per heavy atom. The zero-order chi connectivity index (χ0) is 42.1. The molecule has 7 rings (SSSR count). The van der Waals surface area contributed by atoms with Crippen molar-refractivity contribution in [2.45, 2.75) is 133 Å². The van der Waals surface area contributed by atoms with Crippen molar-refractivity contribution < 1.29 is 24.5 Å². The van der Waals surface area contributed by atoms with Crippen LogP contribution in [0.15, 0.2) is 58.7 Å². The summed E-state index contributed by atoms with van der Waals surface area (Å²) < 4.78 is 8.97. The van der Waals surface area contributed by atoms with Gasteiger partial charge in [0.15, 0.2) is 13.9 Å². The van der Waals surface area contributed by atoms with Crippen LogP contribution in [0, 0.1) is 5.92 Å². The number of thiophene rings is 1. The van der Waals surface area contributed by atoms with Gasteiger partial charge in [-0.05, 0) is 135 Å². The smallest absolute Gasteiger partial charge is 0.341 e. The van der Waals surface area contributed by atoms with Crippen molar-refractivity contribution in [2.75, 3.05) is 20.1 Å². The van der Waals surface area contributed by atoms with E-state index >= 15 is 0 Å². The third-order valence-corrected chi connectivity index (χ3v) is 19.2. The van der Waals surface area contributed by atoms with Gasteiger partial charge in [0.25, 0.3) is 0 Å². The number of aromatic amines is 1. The Morgan fingerprint density at radius 2 is 1.81 bits per heavy atom. The minimum atomic E-state index is -2.20. The third-order valence-electron chi connectivity index (χ3n) is 13.7. The number of aliphatic carboxylic acids is 1. The van der Waals surface area contributed by atoms with Crippen LogP contribution in [0.5, 0.6) is 5.75 Å². The van der Waals surface area contributed by atoms with Crippen LogP contribution >= 0.6 is 11.3 Å². The molecule has 2 aromatic carbocycles. The van der Waals surface area contributed by atoms with E-state index in [-0.39, 0.29) is 34.3 Å². The first kappa shape index (κ1) is 43.2. The molecule has 0 amide bonds. The van der Waals surface area contributed by atoms with Crippen LogP contribution in [0.25, 0.3) is 21.9 Å². The number of carboxylic acid groups (broad SMARTS) is 1. The molecule has 0 bridgehead atoms. The maximum Gasteiger partial charge on any atom is 0.341 e. The second-order valence-electron chi connectivity index (χ2n) is 18.5. The number of benzene rings is 2. The number of aliphatic hydroxyl groups is 1. The zero-order valence-corrected chi connectivity index (χ0v) is 37.3. The van der Waals surface area contributed by atoms with Gasteiger partial charge >= 0.3 is 5.97 Å². The molecule has 5 aromatic rings. The van der Waals surface area contributed by atoms with Crippen LogP contribution in [-0.4, -0.2) is 80.7 Å². The molecule has 0 spiro atoms. The Hall–Kier alpha value is -3.92. The molecule has 2 saturated carbocycles. The number of nitrogens with zero attached hydrogens (tertiary/aromatic N) is 4. The van der Waals surface area contributed by atoms with E-state index in [1.54, 1.807) is 12.1 Å². The van der Waals surface area contributed by atoms with Gasteiger partial charge in [0.1, 0.15) is 11.3 Å². The van der Waals surface area contributed by atoms with E-state index < -0.39 is 19.9 Å². The van der Waals surface area contributed by atoms with Gasteiger partial charge in [-0.25, -0.2) is 9.48 Å². The van der Waals surface area contributed by atoms with Crippen molar-refractivity contribution >= 4 is 47.6 Å². The number of carboxylic acids is 1. The molecule has 0 unspecified atom stereocenters. The number of aryl methyl sites for hydroxylation is 1. The highest BCUT2D eigenvalue weighted by molar-refractivity contribution is 7.10. The van der Waals surface area contributed by atoms with Crippen LogP contribution in [0.3, 0.4) is 0 Å². The van der Waals surface area contributed by atoms with E-state index in [1.165, 1.54) is 17.4 Å². The predicted molar refractivity (Wildman–Crippen MR) is 237 cm³/mol. The van der Waals surface area contributed by atoms with Crippen LogP contribution in [-0.2, 0) is 27.9 Å². The molecule has 318 valence electrons. The lowest BCUT2D eigenvalue weighted by molar-refractivity contribution is -0.166. The summed E-state index contributed by atoms with van der Waals surface area (Å²) in [6.07, 6.45) is 8.21. The highest BCUT2D eigenvalue weighted by Gasteiger charge is 2.49. The second kappa shape index (κ2) is 17.6. The van der Waals surface area contributed by atoms with Crippen molar-refractivity contribution in [1.29, 1.82) is 0 Å². The van der Waals surface area contributed by atoms with Crippen LogP contribution in [0.4, 0.5) is 0 Å². The molecule has 2 aliphatic rings.